The largest absolute Gasteiger partial charge is 0.416 e. The van der Waals surface area contributed by atoms with Crippen molar-refractivity contribution in [3.63, 3.8) is 0 Å². The molecule has 0 bridgehead atoms. The first-order chi connectivity index (χ1) is 16.1. The van der Waals surface area contributed by atoms with Gasteiger partial charge in [-0.3, -0.25) is 9.59 Å². The average molecular weight is 498 g/mol. The molecule has 0 saturated carbocycles. The maximum absolute atomic E-state index is 13.3. The fraction of sp³-hybridized carbons (Fsp3) is 0.500. The Morgan fingerprint density at radius 1 is 1.26 bits per heavy atom. The van der Waals surface area contributed by atoms with Crippen LogP contribution in [0.15, 0.2) is 24.3 Å². The van der Waals surface area contributed by atoms with Crippen LogP contribution in [0.5, 0.6) is 0 Å². The topological polar surface area (TPSA) is 63.6 Å². The Hall–Kier alpha value is -2.52. The molecule has 3 heterocycles. The maximum Gasteiger partial charge on any atom is 0.416 e. The van der Waals surface area contributed by atoms with Crippen LogP contribution in [0, 0.1) is 0 Å². The van der Waals surface area contributed by atoms with Gasteiger partial charge in [0.1, 0.15) is 5.69 Å². The number of benzene rings is 1. The number of carbonyl (C=O) groups is 2. The SMILES string of the molecule is CC[C@@H](NC(=O)c1cc(C(=O)N2CCC[C@@H]2C)n2c1COCC2)c1ccc(C(F)(F)F)cc1Cl. The zero-order chi connectivity index (χ0) is 24.6. The Morgan fingerprint density at radius 2 is 2.03 bits per heavy atom. The van der Waals surface area contributed by atoms with E-state index in [1.807, 2.05) is 16.4 Å². The van der Waals surface area contributed by atoms with Crippen LogP contribution < -0.4 is 5.32 Å². The van der Waals surface area contributed by atoms with Gasteiger partial charge in [0, 0.05) is 24.2 Å². The molecular formula is C24H27ClF3N3O3. The van der Waals surface area contributed by atoms with Gasteiger partial charge in [-0.2, -0.15) is 13.2 Å². The van der Waals surface area contributed by atoms with E-state index < -0.39 is 23.7 Å². The minimum absolute atomic E-state index is 0.0666. The van der Waals surface area contributed by atoms with Gasteiger partial charge in [-0.05, 0) is 49.9 Å². The third kappa shape index (κ3) is 4.68. The van der Waals surface area contributed by atoms with Crippen LogP contribution in [0.3, 0.4) is 0 Å². The van der Waals surface area contributed by atoms with Gasteiger partial charge in [0.05, 0.1) is 36.1 Å². The zero-order valence-electron chi connectivity index (χ0n) is 19.0. The molecule has 34 heavy (non-hydrogen) atoms. The second-order valence-corrected chi connectivity index (χ2v) is 9.16. The number of nitrogens with zero attached hydrogens (tertiary/aromatic N) is 2. The molecule has 1 N–H and O–H groups in total. The van der Waals surface area contributed by atoms with Gasteiger partial charge >= 0.3 is 6.18 Å². The molecule has 10 heteroatoms. The van der Waals surface area contributed by atoms with Crippen molar-refractivity contribution in [3.8, 4) is 0 Å². The number of hydrogen-bond donors (Lipinski definition) is 1. The molecular weight excluding hydrogens is 471 g/mol. The number of halogens is 4. The fourth-order valence-corrected chi connectivity index (χ4v) is 5.01. The molecule has 0 radical (unpaired) electrons. The van der Waals surface area contributed by atoms with Crippen molar-refractivity contribution in [3.05, 3.63) is 57.4 Å². The van der Waals surface area contributed by atoms with Crippen molar-refractivity contribution in [2.75, 3.05) is 13.2 Å². The van der Waals surface area contributed by atoms with Crippen LogP contribution in [-0.4, -0.2) is 40.5 Å². The Balaban J connectivity index is 1.61. The molecule has 0 spiro atoms. The number of hydrogen-bond acceptors (Lipinski definition) is 3. The van der Waals surface area contributed by atoms with Crippen LogP contribution in [0.4, 0.5) is 13.2 Å². The van der Waals surface area contributed by atoms with E-state index in [-0.39, 0.29) is 23.6 Å². The second kappa shape index (κ2) is 9.62. The van der Waals surface area contributed by atoms with E-state index in [1.54, 1.807) is 13.0 Å². The van der Waals surface area contributed by atoms with Gasteiger partial charge in [0.25, 0.3) is 11.8 Å². The monoisotopic (exact) mass is 497 g/mol. The molecule has 4 rings (SSSR count). The van der Waals surface area contributed by atoms with Crippen LogP contribution in [0.1, 0.15) is 76.8 Å². The summed E-state index contributed by atoms with van der Waals surface area (Å²) in [7, 11) is 0. The number of aromatic nitrogens is 1. The lowest BCUT2D eigenvalue weighted by Gasteiger charge is -2.24. The first-order valence-corrected chi connectivity index (χ1v) is 11.8. The van der Waals surface area contributed by atoms with Crippen LogP contribution in [0.25, 0.3) is 0 Å². The summed E-state index contributed by atoms with van der Waals surface area (Å²) in [4.78, 5) is 28.4. The lowest BCUT2D eigenvalue weighted by atomic mass is 10.0. The first-order valence-electron chi connectivity index (χ1n) is 11.4. The normalized spacial score (nSPS) is 19.1. The summed E-state index contributed by atoms with van der Waals surface area (Å²) in [5.41, 5.74) is 0.957. The van der Waals surface area contributed by atoms with E-state index >= 15 is 0 Å². The first kappa shape index (κ1) is 24.6. The van der Waals surface area contributed by atoms with Crippen molar-refractivity contribution >= 4 is 23.4 Å². The highest BCUT2D eigenvalue weighted by Gasteiger charge is 2.34. The van der Waals surface area contributed by atoms with Gasteiger partial charge < -0.3 is 19.5 Å². The fourth-order valence-electron chi connectivity index (χ4n) is 4.70. The lowest BCUT2D eigenvalue weighted by Crippen LogP contribution is -2.35. The van der Waals surface area contributed by atoms with Crippen molar-refractivity contribution < 1.29 is 27.5 Å². The van der Waals surface area contributed by atoms with E-state index in [4.69, 9.17) is 16.3 Å². The quantitative estimate of drug-likeness (QED) is 0.618. The van der Waals surface area contributed by atoms with Crippen molar-refractivity contribution in [1.82, 2.24) is 14.8 Å². The highest BCUT2D eigenvalue weighted by atomic mass is 35.5. The standard InChI is InChI=1S/C24H27ClF3N3O3/c1-3-19(16-7-6-15(11-18(16)25)24(26,27)28)29-22(32)17-12-20(31-9-10-34-13-21(17)31)23(33)30-8-4-5-14(30)2/h6-7,11-12,14,19H,3-5,8-10,13H2,1-2H3,(H,29,32)/t14-,19+/m0/s1. The average Bonchev–Trinajstić information content (AvgIpc) is 3.40. The van der Waals surface area contributed by atoms with Gasteiger partial charge in [-0.1, -0.05) is 24.6 Å². The number of alkyl halides is 3. The molecule has 1 aromatic carbocycles. The third-order valence-electron chi connectivity index (χ3n) is 6.60. The number of ether oxygens (including phenoxy) is 1. The molecule has 2 aliphatic heterocycles. The molecule has 6 nitrogen and oxygen atoms in total. The molecule has 2 amide bonds. The number of nitrogens with one attached hydrogen (secondary N) is 1. The molecule has 0 aliphatic carbocycles. The van der Waals surface area contributed by atoms with E-state index in [9.17, 15) is 22.8 Å². The third-order valence-corrected chi connectivity index (χ3v) is 6.93. The summed E-state index contributed by atoms with van der Waals surface area (Å²) in [6.07, 6.45) is -2.19. The van der Waals surface area contributed by atoms with Crippen LogP contribution in [0.2, 0.25) is 5.02 Å². The molecule has 0 unspecified atom stereocenters. The van der Waals surface area contributed by atoms with Crippen molar-refractivity contribution in [2.24, 2.45) is 0 Å². The molecule has 2 aromatic rings. The van der Waals surface area contributed by atoms with E-state index in [0.717, 1.165) is 25.0 Å². The maximum atomic E-state index is 13.3. The second-order valence-electron chi connectivity index (χ2n) is 8.75. The lowest BCUT2D eigenvalue weighted by molar-refractivity contribution is -0.137. The summed E-state index contributed by atoms with van der Waals surface area (Å²) >= 11 is 6.16. The Labute approximate surface area is 201 Å². The summed E-state index contributed by atoms with van der Waals surface area (Å²) in [6.45, 7) is 5.61. The molecule has 1 fully saturated rings. The van der Waals surface area contributed by atoms with Crippen LogP contribution >= 0.6 is 11.6 Å². The Kier molecular flexibility index (Phi) is 6.96. The zero-order valence-corrected chi connectivity index (χ0v) is 19.8. The number of likely N-dealkylation sites (tertiary alicyclic amines) is 1. The molecule has 1 aromatic heterocycles. The van der Waals surface area contributed by atoms with E-state index in [0.29, 0.717) is 48.6 Å². The molecule has 1 saturated heterocycles. The van der Waals surface area contributed by atoms with Gasteiger partial charge in [-0.25, -0.2) is 0 Å². The van der Waals surface area contributed by atoms with E-state index in [2.05, 4.69) is 5.32 Å². The van der Waals surface area contributed by atoms with Crippen molar-refractivity contribution in [1.29, 1.82) is 0 Å². The van der Waals surface area contributed by atoms with Gasteiger partial charge in [0.15, 0.2) is 0 Å². The van der Waals surface area contributed by atoms with Crippen LogP contribution in [-0.2, 0) is 24.1 Å². The summed E-state index contributed by atoms with van der Waals surface area (Å²) < 4.78 is 46.4. The number of fused-ring (bicyclic) bond motifs is 1. The highest BCUT2D eigenvalue weighted by Crippen LogP contribution is 2.35. The smallest absolute Gasteiger partial charge is 0.373 e. The van der Waals surface area contributed by atoms with E-state index in [1.165, 1.54) is 6.07 Å². The summed E-state index contributed by atoms with van der Waals surface area (Å²) in [5.74, 6) is -0.532. The number of amides is 2. The predicted molar refractivity (Wildman–Crippen MR) is 121 cm³/mol. The molecule has 184 valence electrons. The Morgan fingerprint density at radius 3 is 2.65 bits per heavy atom. The molecule has 2 atom stereocenters. The molecule has 2 aliphatic rings. The predicted octanol–water partition coefficient (Wildman–Crippen LogP) is 5.20. The van der Waals surface area contributed by atoms with Crippen molar-refractivity contribution in [2.45, 2.75) is 64.5 Å². The number of carbonyl (C=O) groups excluding carboxylic acids is 2. The minimum Gasteiger partial charge on any atom is -0.373 e. The Bertz CT molecular complexity index is 1100. The minimum atomic E-state index is -4.51. The summed E-state index contributed by atoms with van der Waals surface area (Å²) in [5, 5.41) is 2.81. The summed E-state index contributed by atoms with van der Waals surface area (Å²) in [6, 6.07) is 4.27. The van der Waals surface area contributed by atoms with Gasteiger partial charge in [-0.15, -0.1) is 0 Å². The van der Waals surface area contributed by atoms with Gasteiger partial charge in [0.2, 0.25) is 0 Å². The highest BCUT2D eigenvalue weighted by molar-refractivity contribution is 6.31. The number of rotatable bonds is 5.